The fourth-order valence-electron chi connectivity index (χ4n) is 2.98. The quantitative estimate of drug-likeness (QED) is 0.938. The lowest BCUT2D eigenvalue weighted by molar-refractivity contribution is 0.0894. The lowest BCUT2D eigenvalue weighted by Crippen LogP contribution is -2.47. The number of nitrogens with one attached hydrogen (secondary N) is 1. The molecule has 6 heteroatoms. The number of carbonyl (C=O) groups is 1. The SMILES string of the molecule is Cn1ccc(C(=O)NC2CCCN(Cc3ccccc3F)C2)n1. The maximum absolute atomic E-state index is 13.8. The third-order valence-corrected chi connectivity index (χ3v) is 4.14. The van der Waals surface area contributed by atoms with Gasteiger partial charge in [0, 0.05) is 37.9 Å². The van der Waals surface area contributed by atoms with Crippen molar-refractivity contribution in [2.75, 3.05) is 13.1 Å². The second-order valence-electron chi connectivity index (χ2n) is 6.01. The molecule has 1 unspecified atom stereocenters. The number of likely N-dealkylation sites (tertiary alicyclic amines) is 1. The Kier molecular flexibility index (Phi) is 4.71. The summed E-state index contributed by atoms with van der Waals surface area (Å²) in [6.07, 6.45) is 3.67. The summed E-state index contributed by atoms with van der Waals surface area (Å²) in [7, 11) is 1.79. The van der Waals surface area contributed by atoms with Crippen LogP contribution in [0.2, 0.25) is 0 Å². The summed E-state index contributed by atoms with van der Waals surface area (Å²) in [6, 6.07) is 8.62. The van der Waals surface area contributed by atoms with Crippen molar-refractivity contribution in [1.82, 2.24) is 20.0 Å². The summed E-state index contributed by atoms with van der Waals surface area (Å²) in [5.41, 5.74) is 1.13. The number of carbonyl (C=O) groups excluding carboxylic acids is 1. The fraction of sp³-hybridized carbons (Fsp3) is 0.412. The maximum atomic E-state index is 13.8. The van der Waals surface area contributed by atoms with Gasteiger partial charge in [0.25, 0.3) is 5.91 Å². The molecule has 5 nitrogen and oxygen atoms in total. The Morgan fingerprint density at radius 3 is 2.96 bits per heavy atom. The summed E-state index contributed by atoms with van der Waals surface area (Å²) in [6.45, 7) is 2.22. The summed E-state index contributed by atoms with van der Waals surface area (Å²) in [5, 5.41) is 7.14. The molecule has 1 aromatic heterocycles. The molecule has 1 saturated heterocycles. The number of aryl methyl sites for hydroxylation is 1. The van der Waals surface area contributed by atoms with Gasteiger partial charge in [0.1, 0.15) is 11.5 Å². The molecule has 1 N–H and O–H groups in total. The zero-order valence-electron chi connectivity index (χ0n) is 13.2. The molecule has 0 spiro atoms. The molecule has 0 saturated carbocycles. The molecule has 122 valence electrons. The van der Waals surface area contributed by atoms with Gasteiger partial charge in [-0.25, -0.2) is 4.39 Å². The standard InChI is InChI=1S/C17H21FN4O/c1-21-10-8-16(20-21)17(23)19-14-6-4-9-22(12-14)11-13-5-2-3-7-15(13)18/h2-3,5,7-8,10,14H,4,6,9,11-12H2,1H3,(H,19,23). The van der Waals surface area contributed by atoms with Crippen LogP contribution >= 0.6 is 0 Å². The minimum atomic E-state index is -0.174. The highest BCUT2D eigenvalue weighted by Crippen LogP contribution is 2.16. The monoisotopic (exact) mass is 316 g/mol. The molecule has 0 radical (unpaired) electrons. The average molecular weight is 316 g/mol. The number of hydrogen-bond acceptors (Lipinski definition) is 3. The summed E-state index contributed by atoms with van der Waals surface area (Å²) in [5.74, 6) is -0.324. The molecule has 1 aliphatic heterocycles. The van der Waals surface area contributed by atoms with E-state index in [-0.39, 0.29) is 17.8 Å². The van der Waals surface area contributed by atoms with Crippen molar-refractivity contribution in [1.29, 1.82) is 0 Å². The smallest absolute Gasteiger partial charge is 0.272 e. The normalized spacial score (nSPS) is 18.8. The second kappa shape index (κ2) is 6.91. The van der Waals surface area contributed by atoms with Gasteiger partial charge >= 0.3 is 0 Å². The first-order chi connectivity index (χ1) is 11.1. The highest BCUT2D eigenvalue weighted by atomic mass is 19.1. The van der Waals surface area contributed by atoms with Gasteiger partial charge in [-0.05, 0) is 31.5 Å². The minimum absolute atomic E-state index is 0.0741. The largest absolute Gasteiger partial charge is 0.347 e. The topological polar surface area (TPSA) is 50.2 Å². The van der Waals surface area contributed by atoms with Gasteiger partial charge in [0.2, 0.25) is 0 Å². The molecule has 1 atom stereocenters. The van der Waals surface area contributed by atoms with Gasteiger partial charge < -0.3 is 5.32 Å². The van der Waals surface area contributed by atoms with E-state index in [1.165, 1.54) is 6.07 Å². The number of piperidine rings is 1. The third kappa shape index (κ3) is 3.96. The molecule has 2 aromatic rings. The first-order valence-corrected chi connectivity index (χ1v) is 7.88. The molecule has 0 bridgehead atoms. The molecular weight excluding hydrogens is 295 g/mol. The lowest BCUT2D eigenvalue weighted by atomic mass is 10.0. The molecular formula is C17H21FN4O. The van der Waals surface area contributed by atoms with E-state index in [9.17, 15) is 9.18 Å². The Labute approximate surface area is 135 Å². The maximum Gasteiger partial charge on any atom is 0.272 e. The van der Waals surface area contributed by atoms with Crippen molar-refractivity contribution in [3.63, 3.8) is 0 Å². The lowest BCUT2D eigenvalue weighted by Gasteiger charge is -2.33. The van der Waals surface area contributed by atoms with Crippen LogP contribution in [0.5, 0.6) is 0 Å². The second-order valence-corrected chi connectivity index (χ2v) is 6.01. The van der Waals surface area contributed by atoms with E-state index in [1.54, 1.807) is 30.1 Å². The van der Waals surface area contributed by atoms with E-state index in [1.807, 2.05) is 12.1 Å². The van der Waals surface area contributed by atoms with E-state index in [2.05, 4.69) is 15.3 Å². The van der Waals surface area contributed by atoms with E-state index in [4.69, 9.17) is 0 Å². The summed E-state index contributed by atoms with van der Waals surface area (Å²) < 4.78 is 15.4. The van der Waals surface area contributed by atoms with Crippen LogP contribution in [-0.2, 0) is 13.6 Å². The minimum Gasteiger partial charge on any atom is -0.347 e. The Morgan fingerprint density at radius 2 is 2.22 bits per heavy atom. The van der Waals surface area contributed by atoms with Crippen molar-refractivity contribution in [2.45, 2.75) is 25.4 Å². The fourth-order valence-corrected chi connectivity index (χ4v) is 2.98. The van der Waals surface area contributed by atoms with E-state index in [0.29, 0.717) is 17.8 Å². The zero-order valence-corrected chi connectivity index (χ0v) is 13.2. The Bertz CT molecular complexity index is 685. The molecule has 1 fully saturated rings. The highest BCUT2D eigenvalue weighted by Gasteiger charge is 2.23. The van der Waals surface area contributed by atoms with Crippen molar-refractivity contribution < 1.29 is 9.18 Å². The number of nitrogens with zero attached hydrogens (tertiary/aromatic N) is 3. The Balaban J connectivity index is 1.58. The van der Waals surface area contributed by atoms with E-state index in [0.717, 1.165) is 25.9 Å². The number of aromatic nitrogens is 2. The highest BCUT2D eigenvalue weighted by molar-refractivity contribution is 5.92. The average Bonchev–Trinajstić information content (AvgIpc) is 2.97. The van der Waals surface area contributed by atoms with Crippen LogP contribution in [0.3, 0.4) is 0 Å². The third-order valence-electron chi connectivity index (χ3n) is 4.14. The molecule has 3 rings (SSSR count). The number of halogens is 1. The Morgan fingerprint density at radius 1 is 1.39 bits per heavy atom. The van der Waals surface area contributed by atoms with Gasteiger partial charge in [-0.1, -0.05) is 18.2 Å². The van der Waals surface area contributed by atoms with E-state index < -0.39 is 0 Å². The predicted octanol–water partition coefficient (Wildman–Crippen LogP) is 1.95. The first-order valence-electron chi connectivity index (χ1n) is 7.88. The van der Waals surface area contributed by atoms with Gasteiger partial charge in [-0.3, -0.25) is 14.4 Å². The molecule has 2 heterocycles. The van der Waals surface area contributed by atoms with Gasteiger partial charge in [-0.15, -0.1) is 0 Å². The van der Waals surface area contributed by atoms with Gasteiger partial charge in [0.05, 0.1) is 0 Å². The molecule has 1 amide bonds. The van der Waals surface area contributed by atoms with Crippen LogP contribution in [0.25, 0.3) is 0 Å². The number of hydrogen-bond donors (Lipinski definition) is 1. The molecule has 0 aliphatic carbocycles. The van der Waals surface area contributed by atoms with Crippen molar-refractivity contribution in [3.8, 4) is 0 Å². The summed E-state index contributed by atoms with van der Waals surface area (Å²) >= 11 is 0. The number of amides is 1. The molecule has 1 aliphatic rings. The first kappa shape index (κ1) is 15.7. The Hall–Kier alpha value is -2.21. The van der Waals surface area contributed by atoms with Crippen molar-refractivity contribution in [2.24, 2.45) is 7.05 Å². The van der Waals surface area contributed by atoms with Crippen LogP contribution in [-0.4, -0.2) is 39.7 Å². The van der Waals surface area contributed by atoms with Gasteiger partial charge in [0.15, 0.2) is 0 Å². The molecule has 1 aromatic carbocycles. The predicted molar refractivity (Wildman–Crippen MR) is 85.4 cm³/mol. The van der Waals surface area contributed by atoms with E-state index >= 15 is 0 Å². The number of rotatable bonds is 4. The van der Waals surface area contributed by atoms with Gasteiger partial charge in [-0.2, -0.15) is 5.10 Å². The van der Waals surface area contributed by atoms with Crippen LogP contribution in [0.1, 0.15) is 28.9 Å². The van der Waals surface area contributed by atoms with Crippen LogP contribution < -0.4 is 5.32 Å². The zero-order chi connectivity index (χ0) is 16.2. The van der Waals surface area contributed by atoms with Crippen LogP contribution in [0.4, 0.5) is 4.39 Å². The summed E-state index contributed by atoms with van der Waals surface area (Å²) in [4.78, 5) is 14.4. The van der Waals surface area contributed by atoms with Crippen LogP contribution in [0, 0.1) is 5.82 Å². The number of benzene rings is 1. The van der Waals surface area contributed by atoms with Crippen LogP contribution in [0.15, 0.2) is 36.5 Å². The van der Waals surface area contributed by atoms with Crippen molar-refractivity contribution >= 4 is 5.91 Å². The molecule has 23 heavy (non-hydrogen) atoms. The van der Waals surface area contributed by atoms with Crippen molar-refractivity contribution in [3.05, 3.63) is 53.6 Å².